The van der Waals surface area contributed by atoms with E-state index in [1.807, 2.05) is 12.1 Å². The van der Waals surface area contributed by atoms with Crippen LogP contribution in [0, 0.1) is 0 Å². The molecule has 1 saturated carbocycles. The summed E-state index contributed by atoms with van der Waals surface area (Å²) in [4.78, 5) is 0.308. The molecule has 0 radical (unpaired) electrons. The first kappa shape index (κ1) is 15.9. The van der Waals surface area contributed by atoms with E-state index in [0.717, 1.165) is 31.2 Å². The van der Waals surface area contributed by atoms with Gasteiger partial charge in [0, 0.05) is 17.9 Å². The van der Waals surface area contributed by atoms with Gasteiger partial charge in [0.25, 0.3) is 0 Å². The van der Waals surface area contributed by atoms with Gasteiger partial charge in [0.05, 0.1) is 11.5 Å². The van der Waals surface area contributed by atoms with E-state index in [2.05, 4.69) is 15.9 Å². The number of aliphatic hydroxyl groups excluding tert-OH is 1. The number of rotatable bonds is 6. The van der Waals surface area contributed by atoms with Crippen LogP contribution in [-0.2, 0) is 15.4 Å². The summed E-state index contributed by atoms with van der Waals surface area (Å²) in [6.07, 6.45) is 3.90. The summed E-state index contributed by atoms with van der Waals surface area (Å²) in [6, 6.07) is 6.94. The van der Waals surface area contributed by atoms with Crippen LogP contribution >= 0.6 is 15.9 Å². The molecule has 1 N–H and O–H groups in total. The first-order chi connectivity index (χ1) is 9.59. The Kier molecular flexibility index (Phi) is 5.60. The summed E-state index contributed by atoms with van der Waals surface area (Å²) < 4.78 is 26.9. The third-order valence-corrected chi connectivity index (χ3v) is 6.35. The maximum absolute atomic E-state index is 12.7. The lowest BCUT2D eigenvalue weighted by molar-refractivity contribution is 0.226. The quantitative estimate of drug-likeness (QED) is 0.792. The van der Waals surface area contributed by atoms with Gasteiger partial charge in [-0.1, -0.05) is 40.9 Å². The number of hydrogen-bond donors (Lipinski definition) is 1. The molecule has 0 aromatic heterocycles. The topological polar surface area (TPSA) is 57.6 Å². The highest BCUT2D eigenvalue weighted by molar-refractivity contribution is 9.08. The first-order valence-corrected chi connectivity index (χ1v) is 9.43. The molecule has 0 heterocycles. The van der Waals surface area contributed by atoms with Crippen molar-refractivity contribution >= 4 is 26.0 Å². The average molecular weight is 362 g/mol. The van der Waals surface area contributed by atoms with E-state index in [1.54, 1.807) is 12.1 Å². The molecule has 0 atom stereocenters. The summed E-state index contributed by atoms with van der Waals surface area (Å²) >= 11 is 3.35. The van der Waals surface area contributed by atoms with Crippen LogP contribution in [-0.4, -0.2) is 37.0 Å². The lowest BCUT2D eigenvalue weighted by Gasteiger charge is -2.27. The summed E-state index contributed by atoms with van der Waals surface area (Å²) in [6.45, 7) is 0.0302. The second kappa shape index (κ2) is 7.02. The number of aliphatic hydroxyl groups is 1. The minimum Gasteiger partial charge on any atom is -0.395 e. The summed E-state index contributed by atoms with van der Waals surface area (Å²) in [5, 5.41) is 9.88. The van der Waals surface area contributed by atoms with Gasteiger partial charge in [0.15, 0.2) is 0 Å². The van der Waals surface area contributed by atoms with E-state index in [9.17, 15) is 13.5 Å². The molecule has 0 saturated heterocycles. The summed E-state index contributed by atoms with van der Waals surface area (Å²) in [5.74, 6) is 0. The molecule has 2 rings (SSSR count). The normalized spacial score (nSPS) is 16.9. The Morgan fingerprint density at radius 2 is 1.80 bits per heavy atom. The van der Waals surface area contributed by atoms with Crippen LogP contribution < -0.4 is 0 Å². The standard InChI is InChI=1S/C14H20BrNO3S/c15-11-12-5-7-14(8-6-12)20(18,19)16(9-10-17)13-3-1-2-4-13/h5-8,13,17H,1-4,9-11H2. The molecule has 0 spiro atoms. The predicted octanol–water partition coefficient (Wildman–Crippen LogP) is 2.51. The van der Waals surface area contributed by atoms with E-state index >= 15 is 0 Å². The smallest absolute Gasteiger partial charge is 0.243 e. The van der Waals surface area contributed by atoms with Gasteiger partial charge in [0.2, 0.25) is 10.0 Å². The Hall–Kier alpha value is -0.430. The largest absolute Gasteiger partial charge is 0.395 e. The van der Waals surface area contributed by atoms with Crippen LogP contribution in [0.5, 0.6) is 0 Å². The fourth-order valence-electron chi connectivity index (χ4n) is 2.68. The van der Waals surface area contributed by atoms with Gasteiger partial charge in [-0.15, -0.1) is 0 Å². The maximum atomic E-state index is 12.7. The van der Waals surface area contributed by atoms with Crippen LogP contribution in [0.1, 0.15) is 31.2 Å². The number of benzene rings is 1. The lowest BCUT2D eigenvalue weighted by atomic mass is 10.2. The van der Waals surface area contributed by atoms with Crippen molar-refractivity contribution in [1.82, 2.24) is 4.31 Å². The predicted molar refractivity (Wildman–Crippen MR) is 82.3 cm³/mol. The number of halogens is 1. The van der Waals surface area contributed by atoms with Crippen molar-refractivity contribution in [2.75, 3.05) is 13.2 Å². The molecular formula is C14H20BrNO3S. The number of hydrogen-bond acceptors (Lipinski definition) is 3. The maximum Gasteiger partial charge on any atom is 0.243 e. The van der Waals surface area contributed by atoms with E-state index in [-0.39, 0.29) is 19.2 Å². The van der Waals surface area contributed by atoms with Crippen molar-refractivity contribution in [3.63, 3.8) is 0 Å². The van der Waals surface area contributed by atoms with E-state index in [0.29, 0.717) is 10.2 Å². The fraction of sp³-hybridized carbons (Fsp3) is 0.571. The third-order valence-electron chi connectivity index (χ3n) is 3.74. The molecule has 4 nitrogen and oxygen atoms in total. The van der Waals surface area contributed by atoms with Gasteiger partial charge in [0.1, 0.15) is 0 Å². The van der Waals surface area contributed by atoms with Crippen molar-refractivity contribution in [3.05, 3.63) is 29.8 Å². The first-order valence-electron chi connectivity index (χ1n) is 6.87. The fourth-order valence-corrected chi connectivity index (χ4v) is 4.73. The number of sulfonamides is 1. The molecule has 0 unspecified atom stereocenters. The van der Waals surface area contributed by atoms with Crippen molar-refractivity contribution in [1.29, 1.82) is 0 Å². The summed E-state index contributed by atoms with van der Waals surface area (Å²) in [7, 11) is -3.51. The SMILES string of the molecule is O=S(=O)(c1ccc(CBr)cc1)N(CCO)C1CCCC1. The molecule has 0 bridgehead atoms. The van der Waals surface area contributed by atoms with E-state index in [4.69, 9.17) is 0 Å². The second-order valence-corrected chi connectivity index (χ2v) is 7.51. The molecule has 1 aliphatic carbocycles. The molecule has 1 aromatic rings. The molecule has 0 aliphatic heterocycles. The molecule has 1 aromatic carbocycles. The monoisotopic (exact) mass is 361 g/mol. The Morgan fingerprint density at radius 1 is 1.20 bits per heavy atom. The van der Waals surface area contributed by atoms with E-state index < -0.39 is 10.0 Å². The molecule has 6 heteroatoms. The Morgan fingerprint density at radius 3 is 2.30 bits per heavy atom. The van der Waals surface area contributed by atoms with Crippen molar-refractivity contribution in [3.8, 4) is 0 Å². The van der Waals surface area contributed by atoms with Crippen LogP contribution in [0.3, 0.4) is 0 Å². The Balaban J connectivity index is 2.28. The highest BCUT2D eigenvalue weighted by Crippen LogP contribution is 2.28. The van der Waals surface area contributed by atoms with Crippen molar-refractivity contribution < 1.29 is 13.5 Å². The van der Waals surface area contributed by atoms with Gasteiger partial charge in [-0.3, -0.25) is 0 Å². The minimum absolute atomic E-state index is 0.0306. The van der Waals surface area contributed by atoms with E-state index in [1.165, 1.54) is 4.31 Å². The lowest BCUT2D eigenvalue weighted by Crippen LogP contribution is -2.40. The zero-order valence-electron chi connectivity index (χ0n) is 11.3. The molecule has 20 heavy (non-hydrogen) atoms. The zero-order valence-corrected chi connectivity index (χ0v) is 13.7. The van der Waals surface area contributed by atoms with Crippen LogP contribution in [0.15, 0.2) is 29.2 Å². The molecule has 112 valence electrons. The van der Waals surface area contributed by atoms with Crippen molar-refractivity contribution in [2.45, 2.75) is 42.0 Å². The average Bonchev–Trinajstić information content (AvgIpc) is 2.98. The van der Waals surface area contributed by atoms with Gasteiger partial charge < -0.3 is 5.11 Å². The molecular weight excluding hydrogens is 342 g/mol. The molecule has 1 aliphatic rings. The minimum atomic E-state index is -3.51. The molecule has 1 fully saturated rings. The highest BCUT2D eigenvalue weighted by atomic mass is 79.9. The van der Waals surface area contributed by atoms with Gasteiger partial charge in [-0.25, -0.2) is 8.42 Å². The Bertz CT molecular complexity index is 524. The number of nitrogens with zero attached hydrogens (tertiary/aromatic N) is 1. The van der Waals surface area contributed by atoms with Crippen molar-refractivity contribution in [2.24, 2.45) is 0 Å². The second-order valence-electron chi connectivity index (χ2n) is 5.06. The number of alkyl halides is 1. The Labute approximate surface area is 129 Å². The van der Waals surface area contributed by atoms with Gasteiger partial charge in [-0.2, -0.15) is 4.31 Å². The van der Waals surface area contributed by atoms with Crippen LogP contribution in [0.25, 0.3) is 0 Å². The summed E-state index contributed by atoms with van der Waals surface area (Å²) in [5.41, 5.74) is 1.04. The highest BCUT2D eigenvalue weighted by Gasteiger charge is 2.32. The zero-order chi connectivity index (χ0) is 14.6. The third kappa shape index (κ3) is 3.42. The van der Waals surface area contributed by atoms with Gasteiger partial charge in [-0.05, 0) is 30.5 Å². The molecule has 0 amide bonds. The van der Waals surface area contributed by atoms with Crippen LogP contribution in [0.2, 0.25) is 0 Å². The van der Waals surface area contributed by atoms with Crippen LogP contribution in [0.4, 0.5) is 0 Å². The van der Waals surface area contributed by atoms with Gasteiger partial charge >= 0.3 is 0 Å².